The van der Waals surface area contributed by atoms with Gasteiger partial charge in [-0.05, 0) is 44.9 Å². The number of rotatable bonds is 1. The van der Waals surface area contributed by atoms with Gasteiger partial charge in [-0.2, -0.15) is 0 Å². The largest absolute Gasteiger partial charge is 0.444 e. The summed E-state index contributed by atoms with van der Waals surface area (Å²) in [4.78, 5) is 14.1. The molecule has 1 atom stereocenters. The molecule has 1 amide bonds. The highest BCUT2D eigenvalue weighted by atomic mass is 35.5. The molecule has 0 fully saturated rings. The Balaban J connectivity index is 2.19. The molecule has 1 aliphatic rings. The van der Waals surface area contributed by atoms with Crippen molar-refractivity contribution in [2.45, 2.75) is 38.8 Å². The molecule has 1 heterocycles. The van der Waals surface area contributed by atoms with Crippen LogP contribution in [0.2, 0.25) is 5.02 Å². The number of nitrogens with zero attached hydrogens (tertiary/aromatic N) is 1. The highest BCUT2D eigenvalue weighted by molar-refractivity contribution is 6.30. The second-order valence-corrected chi connectivity index (χ2v) is 6.34. The van der Waals surface area contributed by atoms with Crippen LogP contribution in [0.25, 0.3) is 0 Å². The van der Waals surface area contributed by atoms with Crippen LogP contribution in [0.15, 0.2) is 36.4 Å². The van der Waals surface area contributed by atoms with E-state index in [1.165, 1.54) is 0 Å². The summed E-state index contributed by atoms with van der Waals surface area (Å²) in [5.74, 6) is 0. The van der Waals surface area contributed by atoms with E-state index in [0.717, 1.165) is 12.0 Å². The van der Waals surface area contributed by atoms with Crippen LogP contribution >= 0.6 is 11.6 Å². The molecule has 20 heavy (non-hydrogen) atoms. The maximum atomic E-state index is 12.3. The molecule has 0 saturated heterocycles. The number of hydrogen-bond donors (Lipinski definition) is 0. The van der Waals surface area contributed by atoms with Crippen molar-refractivity contribution in [2.24, 2.45) is 0 Å². The van der Waals surface area contributed by atoms with E-state index in [0.29, 0.717) is 11.6 Å². The fourth-order valence-corrected chi connectivity index (χ4v) is 2.32. The van der Waals surface area contributed by atoms with Gasteiger partial charge in [0.25, 0.3) is 0 Å². The Morgan fingerprint density at radius 2 is 1.90 bits per heavy atom. The lowest BCUT2D eigenvalue weighted by atomic mass is 9.99. The van der Waals surface area contributed by atoms with Gasteiger partial charge >= 0.3 is 6.09 Å². The van der Waals surface area contributed by atoms with Gasteiger partial charge in [0.15, 0.2) is 0 Å². The van der Waals surface area contributed by atoms with Crippen molar-refractivity contribution in [3.63, 3.8) is 0 Å². The van der Waals surface area contributed by atoms with Gasteiger partial charge < -0.3 is 4.74 Å². The van der Waals surface area contributed by atoms with Crippen LogP contribution in [-0.4, -0.2) is 23.1 Å². The van der Waals surface area contributed by atoms with Crippen molar-refractivity contribution in [1.29, 1.82) is 0 Å². The standard InChI is InChI=1S/C16H20ClNO2/c1-16(2,3)20-15(19)18-11-5-4-6-14(18)12-7-9-13(17)10-8-12/h4-5,7-10,14H,6,11H2,1-3H3. The highest BCUT2D eigenvalue weighted by Crippen LogP contribution is 2.30. The predicted octanol–water partition coefficient (Wildman–Crippen LogP) is 4.58. The normalized spacial score (nSPS) is 19.0. The smallest absolute Gasteiger partial charge is 0.411 e. The van der Waals surface area contributed by atoms with Crippen molar-refractivity contribution >= 4 is 17.7 Å². The molecule has 1 aromatic carbocycles. The minimum absolute atomic E-state index is 0.00659. The Morgan fingerprint density at radius 3 is 2.50 bits per heavy atom. The lowest BCUT2D eigenvalue weighted by Crippen LogP contribution is -2.40. The second kappa shape index (κ2) is 5.88. The first-order valence-corrected chi connectivity index (χ1v) is 7.15. The minimum Gasteiger partial charge on any atom is -0.444 e. The lowest BCUT2D eigenvalue weighted by Gasteiger charge is -2.34. The first-order valence-electron chi connectivity index (χ1n) is 6.77. The Hall–Kier alpha value is -1.48. The number of carbonyl (C=O) groups excluding carboxylic acids is 1. The lowest BCUT2D eigenvalue weighted by molar-refractivity contribution is 0.0176. The molecule has 0 aromatic heterocycles. The summed E-state index contributed by atoms with van der Waals surface area (Å²) < 4.78 is 5.48. The minimum atomic E-state index is -0.483. The number of halogens is 1. The van der Waals surface area contributed by atoms with E-state index in [-0.39, 0.29) is 12.1 Å². The van der Waals surface area contributed by atoms with Gasteiger partial charge in [0.05, 0.1) is 6.04 Å². The topological polar surface area (TPSA) is 29.5 Å². The van der Waals surface area contributed by atoms with Gasteiger partial charge in [-0.3, -0.25) is 4.90 Å². The molecule has 0 bridgehead atoms. The van der Waals surface area contributed by atoms with Crippen LogP contribution < -0.4 is 0 Å². The molecule has 0 radical (unpaired) electrons. The number of benzene rings is 1. The van der Waals surface area contributed by atoms with Crippen molar-refractivity contribution in [2.75, 3.05) is 6.54 Å². The monoisotopic (exact) mass is 293 g/mol. The van der Waals surface area contributed by atoms with Crippen LogP contribution in [0, 0.1) is 0 Å². The van der Waals surface area contributed by atoms with Crippen molar-refractivity contribution in [3.8, 4) is 0 Å². The first-order chi connectivity index (χ1) is 9.37. The molecule has 0 saturated carbocycles. The van der Waals surface area contributed by atoms with Crippen LogP contribution in [0.3, 0.4) is 0 Å². The number of hydrogen-bond acceptors (Lipinski definition) is 2. The molecule has 2 rings (SSSR count). The van der Waals surface area contributed by atoms with Crippen LogP contribution in [0.4, 0.5) is 4.79 Å². The Labute approximate surface area is 125 Å². The summed E-state index contributed by atoms with van der Waals surface area (Å²) in [6, 6.07) is 7.63. The van der Waals surface area contributed by atoms with E-state index in [1.807, 2.05) is 51.1 Å². The molecule has 4 heteroatoms. The third kappa shape index (κ3) is 3.76. The number of ether oxygens (including phenoxy) is 1. The van der Waals surface area contributed by atoms with Crippen LogP contribution in [-0.2, 0) is 4.74 Å². The number of amides is 1. The summed E-state index contributed by atoms with van der Waals surface area (Å²) >= 11 is 5.92. The van der Waals surface area contributed by atoms with Crippen molar-refractivity contribution in [3.05, 3.63) is 47.0 Å². The fourth-order valence-electron chi connectivity index (χ4n) is 2.19. The fraction of sp³-hybridized carbons (Fsp3) is 0.438. The molecule has 108 valence electrons. The summed E-state index contributed by atoms with van der Waals surface area (Å²) in [5, 5.41) is 0.698. The molecule has 1 aromatic rings. The summed E-state index contributed by atoms with van der Waals surface area (Å²) in [5.41, 5.74) is 0.590. The molecule has 1 aliphatic heterocycles. The van der Waals surface area contributed by atoms with Gasteiger partial charge in [0.1, 0.15) is 5.60 Å². The Morgan fingerprint density at radius 1 is 1.25 bits per heavy atom. The van der Waals surface area contributed by atoms with Crippen molar-refractivity contribution in [1.82, 2.24) is 4.90 Å². The van der Waals surface area contributed by atoms with Gasteiger partial charge in [-0.15, -0.1) is 0 Å². The quantitative estimate of drug-likeness (QED) is 0.709. The van der Waals surface area contributed by atoms with Gasteiger partial charge in [-0.25, -0.2) is 4.79 Å². The van der Waals surface area contributed by atoms with E-state index < -0.39 is 5.60 Å². The molecule has 0 aliphatic carbocycles. The summed E-state index contributed by atoms with van der Waals surface area (Å²) in [6.07, 6.45) is 4.61. The molecule has 3 nitrogen and oxygen atoms in total. The van der Waals surface area contributed by atoms with Crippen LogP contribution in [0.5, 0.6) is 0 Å². The van der Waals surface area contributed by atoms with Crippen molar-refractivity contribution < 1.29 is 9.53 Å². The van der Waals surface area contributed by atoms with Gasteiger partial charge in [0, 0.05) is 11.6 Å². The second-order valence-electron chi connectivity index (χ2n) is 5.91. The summed E-state index contributed by atoms with van der Waals surface area (Å²) in [6.45, 7) is 6.20. The highest BCUT2D eigenvalue weighted by Gasteiger charge is 2.29. The number of carbonyl (C=O) groups is 1. The third-order valence-electron chi connectivity index (χ3n) is 3.09. The van der Waals surface area contributed by atoms with E-state index >= 15 is 0 Å². The average molecular weight is 294 g/mol. The maximum absolute atomic E-state index is 12.3. The Kier molecular flexibility index (Phi) is 4.39. The van der Waals surface area contributed by atoms with Gasteiger partial charge in [0.2, 0.25) is 0 Å². The molecular formula is C16H20ClNO2. The van der Waals surface area contributed by atoms with E-state index in [9.17, 15) is 4.79 Å². The molecular weight excluding hydrogens is 274 g/mol. The summed E-state index contributed by atoms with van der Waals surface area (Å²) in [7, 11) is 0. The van der Waals surface area contributed by atoms with Gasteiger partial charge in [-0.1, -0.05) is 35.9 Å². The molecule has 0 spiro atoms. The van der Waals surface area contributed by atoms with E-state index in [4.69, 9.17) is 16.3 Å². The van der Waals surface area contributed by atoms with E-state index in [2.05, 4.69) is 6.08 Å². The average Bonchev–Trinajstić information content (AvgIpc) is 2.38. The SMILES string of the molecule is CC(C)(C)OC(=O)N1CC=CCC1c1ccc(Cl)cc1. The zero-order valence-corrected chi connectivity index (χ0v) is 12.9. The molecule has 1 unspecified atom stereocenters. The van der Waals surface area contributed by atoms with E-state index in [1.54, 1.807) is 4.90 Å². The zero-order chi connectivity index (χ0) is 14.8. The first kappa shape index (κ1) is 14.9. The zero-order valence-electron chi connectivity index (χ0n) is 12.1. The molecule has 0 N–H and O–H groups in total. The maximum Gasteiger partial charge on any atom is 0.411 e. The Bertz CT molecular complexity index is 502. The predicted molar refractivity (Wildman–Crippen MR) is 80.9 cm³/mol. The van der Waals surface area contributed by atoms with Crippen LogP contribution in [0.1, 0.15) is 38.8 Å². The third-order valence-corrected chi connectivity index (χ3v) is 3.34.